The SMILES string of the molecule is CCCCN(C(=O)O)S(=O)(=O)CCc1c(C(F)(F)F)nn(C)c1-n1ccc2cc(Cl)cnc21. The minimum absolute atomic E-state index is 0.0298. The Kier molecular flexibility index (Phi) is 6.93. The number of carbonyl (C=O) groups is 1. The third-order valence-electron chi connectivity index (χ3n) is 4.98. The number of rotatable bonds is 8. The van der Waals surface area contributed by atoms with Gasteiger partial charge in [0.05, 0.1) is 10.8 Å². The van der Waals surface area contributed by atoms with Crippen molar-refractivity contribution in [3.63, 3.8) is 0 Å². The maximum atomic E-state index is 13.8. The van der Waals surface area contributed by atoms with Crippen molar-refractivity contribution in [2.45, 2.75) is 32.4 Å². The van der Waals surface area contributed by atoms with Gasteiger partial charge >= 0.3 is 12.3 Å². The molecule has 3 aromatic heterocycles. The summed E-state index contributed by atoms with van der Waals surface area (Å²) in [5, 5.41) is 13.8. The van der Waals surface area contributed by atoms with Crippen molar-refractivity contribution in [3.05, 3.63) is 40.8 Å². The lowest BCUT2D eigenvalue weighted by Gasteiger charge is -2.19. The Bertz CT molecular complexity index is 1290. The molecule has 14 heteroatoms. The number of fused-ring (bicyclic) bond motifs is 1. The molecule has 0 aromatic carbocycles. The Morgan fingerprint density at radius 2 is 2.03 bits per heavy atom. The zero-order valence-corrected chi connectivity index (χ0v) is 19.2. The van der Waals surface area contributed by atoms with Crippen LogP contribution >= 0.6 is 11.6 Å². The molecule has 3 aromatic rings. The second-order valence-electron chi connectivity index (χ2n) is 7.30. The van der Waals surface area contributed by atoms with Gasteiger partial charge in [-0.25, -0.2) is 22.5 Å². The number of hydrogen-bond donors (Lipinski definition) is 1. The molecule has 0 bridgehead atoms. The van der Waals surface area contributed by atoms with Crippen molar-refractivity contribution >= 4 is 38.8 Å². The second-order valence-corrected chi connectivity index (χ2v) is 9.75. The molecule has 0 unspecified atom stereocenters. The molecule has 180 valence electrons. The lowest BCUT2D eigenvalue weighted by atomic mass is 10.1. The highest BCUT2D eigenvalue weighted by atomic mass is 35.5. The van der Waals surface area contributed by atoms with E-state index in [-0.39, 0.29) is 22.2 Å². The summed E-state index contributed by atoms with van der Waals surface area (Å²) in [6.45, 7) is 1.49. The Hall–Kier alpha value is -2.80. The molecule has 0 aliphatic heterocycles. The van der Waals surface area contributed by atoms with E-state index < -0.39 is 40.2 Å². The zero-order chi connectivity index (χ0) is 24.6. The topological polar surface area (TPSA) is 110 Å². The number of aromatic nitrogens is 4. The fraction of sp³-hybridized carbons (Fsp3) is 0.421. The number of halogens is 4. The van der Waals surface area contributed by atoms with E-state index >= 15 is 0 Å². The van der Waals surface area contributed by atoms with E-state index in [1.54, 1.807) is 19.1 Å². The Morgan fingerprint density at radius 1 is 1.33 bits per heavy atom. The van der Waals surface area contributed by atoms with E-state index in [1.165, 1.54) is 24.0 Å². The number of amides is 1. The van der Waals surface area contributed by atoms with Crippen LogP contribution in [-0.4, -0.2) is 55.6 Å². The second kappa shape index (κ2) is 9.21. The quantitative estimate of drug-likeness (QED) is 0.492. The van der Waals surface area contributed by atoms with Gasteiger partial charge < -0.3 is 5.11 Å². The molecule has 0 atom stereocenters. The number of pyridine rings is 1. The monoisotopic (exact) mass is 507 g/mol. The van der Waals surface area contributed by atoms with Gasteiger partial charge in [-0.15, -0.1) is 0 Å². The standard InChI is InChI=1S/C19H21ClF3N5O4S/c1-3-4-7-28(18(29)30)33(31,32)9-6-14-15(19(21,22)23)25-26(2)17(14)27-8-5-12-10-13(20)11-24-16(12)27/h5,8,10-11H,3-4,6-7,9H2,1-2H3,(H,29,30). The number of nitrogens with zero attached hydrogens (tertiary/aromatic N) is 5. The van der Waals surface area contributed by atoms with E-state index in [0.717, 1.165) is 4.68 Å². The minimum atomic E-state index is -4.86. The van der Waals surface area contributed by atoms with Crippen molar-refractivity contribution < 1.29 is 31.5 Å². The zero-order valence-electron chi connectivity index (χ0n) is 17.7. The summed E-state index contributed by atoms with van der Waals surface area (Å²) >= 11 is 5.93. The van der Waals surface area contributed by atoms with Crippen molar-refractivity contribution in [2.75, 3.05) is 12.3 Å². The molecule has 0 aliphatic carbocycles. The van der Waals surface area contributed by atoms with E-state index in [0.29, 0.717) is 28.9 Å². The summed E-state index contributed by atoms with van der Waals surface area (Å²) in [4.78, 5) is 15.6. The van der Waals surface area contributed by atoms with Gasteiger partial charge in [-0.3, -0.25) is 9.25 Å². The lowest BCUT2D eigenvalue weighted by molar-refractivity contribution is -0.142. The van der Waals surface area contributed by atoms with Crippen LogP contribution in [0.2, 0.25) is 5.02 Å². The van der Waals surface area contributed by atoms with Gasteiger partial charge in [0.25, 0.3) is 0 Å². The first kappa shape index (κ1) is 24.8. The number of sulfonamides is 1. The molecule has 0 radical (unpaired) electrons. The Morgan fingerprint density at radius 3 is 2.64 bits per heavy atom. The third-order valence-corrected chi connectivity index (χ3v) is 6.91. The number of unbranched alkanes of at least 4 members (excludes halogenated alkanes) is 1. The smallest absolute Gasteiger partial charge is 0.435 e. The maximum absolute atomic E-state index is 13.8. The number of aryl methyl sites for hydroxylation is 1. The van der Waals surface area contributed by atoms with Gasteiger partial charge in [0.1, 0.15) is 11.5 Å². The summed E-state index contributed by atoms with van der Waals surface area (Å²) < 4.78 is 69.2. The number of alkyl halides is 3. The molecule has 9 nitrogen and oxygen atoms in total. The molecule has 0 saturated heterocycles. The first-order valence-electron chi connectivity index (χ1n) is 9.86. The lowest BCUT2D eigenvalue weighted by Crippen LogP contribution is -2.38. The van der Waals surface area contributed by atoms with Gasteiger partial charge in [-0.1, -0.05) is 24.9 Å². The minimum Gasteiger partial charge on any atom is -0.464 e. The summed E-state index contributed by atoms with van der Waals surface area (Å²) in [5.41, 5.74) is -1.33. The van der Waals surface area contributed by atoms with Crippen LogP contribution in [0.4, 0.5) is 18.0 Å². The highest BCUT2D eigenvalue weighted by Gasteiger charge is 2.40. The predicted molar refractivity (Wildman–Crippen MR) is 115 cm³/mol. The highest BCUT2D eigenvalue weighted by Crippen LogP contribution is 2.35. The van der Waals surface area contributed by atoms with Crippen LogP contribution in [0.5, 0.6) is 0 Å². The van der Waals surface area contributed by atoms with Crippen LogP contribution in [0.25, 0.3) is 16.9 Å². The van der Waals surface area contributed by atoms with Crippen molar-refractivity contribution in [1.29, 1.82) is 0 Å². The van der Waals surface area contributed by atoms with Gasteiger partial charge in [-0.2, -0.15) is 18.3 Å². The molecule has 0 spiro atoms. The molecular weight excluding hydrogens is 487 g/mol. The summed E-state index contributed by atoms with van der Waals surface area (Å²) in [6.07, 6.45) is -3.49. The first-order valence-corrected chi connectivity index (χ1v) is 11.8. The largest absolute Gasteiger partial charge is 0.464 e. The highest BCUT2D eigenvalue weighted by molar-refractivity contribution is 7.89. The van der Waals surface area contributed by atoms with Crippen molar-refractivity contribution in [2.24, 2.45) is 7.05 Å². The molecule has 0 aliphatic rings. The van der Waals surface area contributed by atoms with Crippen LogP contribution in [0.1, 0.15) is 31.0 Å². The summed E-state index contributed by atoms with van der Waals surface area (Å²) in [6, 6.07) is 3.19. The third kappa shape index (κ3) is 5.08. The molecule has 3 heterocycles. The molecule has 0 saturated carbocycles. The van der Waals surface area contributed by atoms with E-state index in [1.807, 2.05) is 0 Å². The molecule has 0 fully saturated rings. The maximum Gasteiger partial charge on any atom is 0.435 e. The van der Waals surface area contributed by atoms with Crippen LogP contribution in [0, 0.1) is 0 Å². The predicted octanol–water partition coefficient (Wildman–Crippen LogP) is 4.08. The fourth-order valence-electron chi connectivity index (χ4n) is 3.48. The van der Waals surface area contributed by atoms with Crippen molar-refractivity contribution in [3.8, 4) is 5.82 Å². The first-order chi connectivity index (χ1) is 15.4. The molecular formula is C19H21ClF3N5O4S. The van der Waals surface area contributed by atoms with Gasteiger partial charge in [0.15, 0.2) is 5.69 Å². The molecule has 1 N–H and O–H groups in total. The van der Waals surface area contributed by atoms with Gasteiger partial charge in [0, 0.05) is 36.9 Å². The van der Waals surface area contributed by atoms with Crippen LogP contribution in [0.3, 0.4) is 0 Å². The Labute approximate surface area is 192 Å². The average molecular weight is 508 g/mol. The van der Waals surface area contributed by atoms with Crippen LogP contribution in [-0.2, 0) is 29.7 Å². The normalized spacial score (nSPS) is 12.4. The summed E-state index contributed by atoms with van der Waals surface area (Å²) in [7, 11) is -3.09. The summed E-state index contributed by atoms with van der Waals surface area (Å²) in [5.74, 6) is -0.874. The molecule has 1 amide bonds. The Balaban J connectivity index is 2.08. The van der Waals surface area contributed by atoms with E-state index in [4.69, 9.17) is 11.6 Å². The fourth-order valence-corrected chi connectivity index (χ4v) is 4.98. The van der Waals surface area contributed by atoms with Crippen LogP contribution in [0.15, 0.2) is 24.5 Å². The average Bonchev–Trinajstić information content (AvgIpc) is 3.25. The van der Waals surface area contributed by atoms with E-state index in [9.17, 15) is 31.5 Å². The van der Waals surface area contributed by atoms with Crippen molar-refractivity contribution in [1.82, 2.24) is 23.6 Å². The van der Waals surface area contributed by atoms with Crippen LogP contribution < -0.4 is 0 Å². The number of hydrogen-bond acceptors (Lipinski definition) is 5. The number of carboxylic acid groups (broad SMARTS) is 1. The van der Waals surface area contributed by atoms with Gasteiger partial charge in [-0.05, 0) is 25.0 Å². The van der Waals surface area contributed by atoms with Gasteiger partial charge in [0.2, 0.25) is 10.0 Å². The van der Waals surface area contributed by atoms with E-state index in [2.05, 4.69) is 10.1 Å². The molecule has 3 rings (SSSR count). The molecule has 33 heavy (non-hydrogen) atoms.